The molecule has 0 spiro atoms. The first-order chi connectivity index (χ1) is 9.06. The number of rotatable bonds is 5. The van der Waals surface area contributed by atoms with Gasteiger partial charge in [-0.05, 0) is 48.3 Å². The van der Waals surface area contributed by atoms with E-state index in [1.165, 1.54) is 15.4 Å². The van der Waals surface area contributed by atoms with Crippen molar-refractivity contribution in [1.29, 1.82) is 0 Å². The quantitative estimate of drug-likeness (QED) is 0.897. The predicted octanol–water partition coefficient (Wildman–Crippen LogP) is 3.84. The lowest BCUT2D eigenvalue weighted by Gasteiger charge is -2.11. The van der Waals surface area contributed by atoms with Gasteiger partial charge in [-0.2, -0.15) is 5.10 Å². The molecular weight excluding hydrogens is 322 g/mol. The fourth-order valence-electron chi connectivity index (χ4n) is 2.17. The Balaban J connectivity index is 2.25. The molecule has 3 nitrogen and oxygen atoms in total. The molecule has 0 fully saturated rings. The Kier molecular flexibility index (Phi) is 4.81. The summed E-state index contributed by atoms with van der Waals surface area (Å²) >= 11 is 5.45. The summed E-state index contributed by atoms with van der Waals surface area (Å²) in [7, 11) is 0. The lowest BCUT2D eigenvalue weighted by atomic mass is 10.1. The number of aromatic nitrogens is 2. The molecule has 19 heavy (non-hydrogen) atoms. The van der Waals surface area contributed by atoms with Crippen LogP contribution in [0.4, 0.5) is 0 Å². The first-order valence-corrected chi connectivity index (χ1v) is 8.23. The van der Waals surface area contributed by atoms with Gasteiger partial charge in [-0.1, -0.05) is 6.92 Å². The molecule has 0 aliphatic carbocycles. The van der Waals surface area contributed by atoms with E-state index in [4.69, 9.17) is 5.73 Å². The Hall–Kier alpha value is -0.650. The Morgan fingerprint density at radius 3 is 2.68 bits per heavy atom. The summed E-state index contributed by atoms with van der Waals surface area (Å²) in [6.07, 6.45) is 1.76. The van der Waals surface area contributed by atoms with Crippen LogP contribution in [0.5, 0.6) is 0 Å². The Labute approximate surface area is 126 Å². The molecule has 0 saturated carbocycles. The fourth-order valence-corrected chi connectivity index (χ4v) is 3.78. The van der Waals surface area contributed by atoms with Crippen molar-refractivity contribution in [3.05, 3.63) is 37.7 Å². The highest BCUT2D eigenvalue weighted by Crippen LogP contribution is 2.29. The maximum absolute atomic E-state index is 6.33. The van der Waals surface area contributed by atoms with Gasteiger partial charge >= 0.3 is 0 Å². The van der Waals surface area contributed by atoms with Gasteiger partial charge in [0, 0.05) is 28.8 Å². The van der Waals surface area contributed by atoms with Crippen LogP contribution in [-0.4, -0.2) is 9.78 Å². The molecule has 2 heterocycles. The van der Waals surface area contributed by atoms with E-state index in [1.807, 2.05) is 0 Å². The average Bonchev–Trinajstić information content (AvgIpc) is 2.95. The summed E-state index contributed by atoms with van der Waals surface area (Å²) in [6, 6.07) is 4.30. The number of hydrogen-bond acceptors (Lipinski definition) is 3. The number of nitrogens with two attached hydrogens (primary N) is 1. The molecule has 2 rings (SSSR count). The van der Waals surface area contributed by atoms with Gasteiger partial charge < -0.3 is 5.73 Å². The van der Waals surface area contributed by atoms with Crippen molar-refractivity contribution in [3.8, 4) is 0 Å². The molecule has 0 bridgehead atoms. The maximum atomic E-state index is 6.33. The topological polar surface area (TPSA) is 43.8 Å². The van der Waals surface area contributed by atoms with E-state index in [0.29, 0.717) is 0 Å². The van der Waals surface area contributed by atoms with E-state index in [9.17, 15) is 0 Å². The molecule has 0 aromatic carbocycles. The van der Waals surface area contributed by atoms with Crippen molar-refractivity contribution >= 4 is 27.3 Å². The van der Waals surface area contributed by atoms with Crippen LogP contribution in [0.2, 0.25) is 0 Å². The van der Waals surface area contributed by atoms with E-state index >= 15 is 0 Å². The minimum atomic E-state index is 0.0432. The molecule has 0 saturated heterocycles. The van der Waals surface area contributed by atoms with Crippen LogP contribution in [0.3, 0.4) is 0 Å². The third kappa shape index (κ3) is 3.09. The summed E-state index contributed by atoms with van der Waals surface area (Å²) in [5, 5.41) is 4.62. The molecular formula is C14H20BrN3S. The molecule has 2 N–H and O–H groups in total. The normalized spacial score (nSPS) is 12.9. The second-order valence-corrected chi connectivity index (χ2v) is 6.75. The second-order valence-electron chi connectivity index (χ2n) is 4.64. The molecule has 0 amide bonds. The Morgan fingerprint density at radius 2 is 2.16 bits per heavy atom. The van der Waals surface area contributed by atoms with Crippen molar-refractivity contribution in [2.24, 2.45) is 5.73 Å². The van der Waals surface area contributed by atoms with Crippen LogP contribution in [-0.2, 0) is 19.4 Å². The van der Waals surface area contributed by atoms with Crippen LogP contribution in [0.1, 0.15) is 41.0 Å². The third-order valence-corrected chi connectivity index (χ3v) is 5.28. The molecule has 1 unspecified atom stereocenters. The van der Waals surface area contributed by atoms with Crippen LogP contribution in [0.25, 0.3) is 0 Å². The van der Waals surface area contributed by atoms with Gasteiger partial charge in [0.05, 0.1) is 15.9 Å². The summed E-state index contributed by atoms with van der Waals surface area (Å²) in [4.78, 5) is 2.55. The van der Waals surface area contributed by atoms with E-state index in [-0.39, 0.29) is 6.04 Å². The zero-order valence-electron chi connectivity index (χ0n) is 11.6. The first-order valence-electron chi connectivity index (χ1n) is 6.62. The Bertz CT molecular complexity index is 559. The van der Waals surface area contributed by atoms with Gasteiger partial charge in [0.25, 0.3) is 0 Å². The highest BCUT2D eigenvalue weighted by molar-refractivity contribution is 9.10. The molecule has 1 atom stereocenters. The summed E-state index contributed by atoms with van der Waals surface area (Å²) < 4.78 is 3.18. The zero-order chi connectivity index (χ0) is 14.0. The maximum Gasteiger partial charge on any atom is 0.0766 e. The molecule has 0 aliphatic rings. The smallest absolute Gasteiger partial charge is 0.0766 e. The van der Waals surface area contributed by atoms with Crippen LogP contribution >= 0.6 is 27.3 Å². The Morgan fingerprint density at radius 1 is 1.42 bits per heavy atom. The number of thiophene rings is 1. The van der Waals surface area contributed by atoms with Gasteiger partial charge in [0.15, 0.2) is 0 Å². The van der Waals surface area contributed by atoms with E-state index in [2.05, 4.69) is 58.6 Å². The third-order valence-electron chi connectivity index (χ3n) is 3.23. The van der Waals surface area contributed by atoms with E-state index < -0.39 is 0 Å². The van der Waals surface area contributed by atoms with E-state index in [1.54, 1.807) is 11.3 Å². The number of hydrogen-bond donors (Lipinski definition) is 1. The standard InChI is InChI=1S/C14H20BrN3S/c1-4-11-14(15)12(18(5-2)17-11)8-10(16)13-7-6-9(3)19-13/h6-7,10H,4-5,8,16H2,1-3H3. The molecule has 0 aliphatic heterocycles. The highest BCUT2D eigenvalue weighted by atomic mass is 79.9. The average molecular weight is 342 g/mol. The van der Waals surface area contributed by atoms with Gasteiger partial charge in [0.1, 0.15) is 0 Å². The second kappa shape index (κ2) is 6.20. The fraction of sp³-hybridized carbons (Fsp3) is 0.500. The van der Waals surface area contributed by atoms with Gasteiger partial charge in [-0.25, -0.2) is 0 Å². The lowest BCUT2D eigenvalue weighted by Crippen LogP contribution is -2.15. The number of aryl methyl sites for hydroxylation is 3. The lowest BCUT2D eigenvalue weighted by molar-refractivity contribution is 0.587. The van der Waals surface area contributed by atoms with Crippen molar-refractivity contribution in [2.45, 2.75) is 46.2 Å². The molecule has 5 heteroatoms. The van der Waals surface area contributed by atoms with Crippen molar-refractivity contribution in [2.75, 3.05) is 0 Å². The van der Waals surface area contributed by atoms with Gasteiger partial charge in [-0.15, -0.1) is 11.3 Å². The largest absolute Gasteiger partial charge is 0.323 e. The minimum Gasteiger partial charge on any atom is -0.323 e. The monoisotopic (exact) mass is 341 g/mol. The van der Waals surface area contributed by atoms with Crippen molar-refractivity contribution < 1.29 is 0 Å². The molecule has 2 aromatic heterocycles. The van der Waals surface area contributed by atoms with Crippen molar-refractivity contribution in [1.82, 2.24) is 9.78 Å². The first kappa shape index (κ1) is 14.8. The molecule has 0 radical (unpaired) electrons. The minimum absolute atomic E-state index is 0.0432. The molecule has 2 aromatic rings. The zero-order valence-corrected chi connectivity index (χ0v) is 14.0. The van der Waals surface area contributed by atoms with Crippen LogP contribution in [0, 0.1) is 6.92 Å². The molecule has 104 valence electrons. The highest BCUT2D eigenvalue weighted by Gasteiger charge is 2.18. The van der Waals surface area contributed by atoms with E-state index in [0.717, 1.165) is 29.6 Å². The summed E-state index contributed by atoms with van der Waals surface area (Å²) in [5.74, 6) is 0. The summed E-state index contributed by atoms with van der Waals surface area (Å²) in [6.45, 7) is 7.23. The SMILES string of the molecule is CCc1nn(CC)c(CC(N)c2ccc(C)s2)c1Br. The predicted molar refractivity (Wildman–Crippen MR) is 84.7 cm³/mol. The number of nitrogens with zero attached hydrogens (tertiary/aromatic N) is 2. The van der Waals surface area contributed by atoms with Crippen LogP contribution in [0.15, 0.2) is 16.6 Å². The summed E-state index contributed by atoms with van der Waals surface area (Å²) in [5.41, 5.74) is 8.66. The van der Waals surface area contributed by atoms with Gasteiger partial charge in [-0.3, -0.25) is 4.68 Å². The number of halogens is 1. The van der Waals surface area contributed by atoms with Gasteiger partial charge in [0.2, 0.25) is 0 Å². The van der Waals surface area contributed by atoms with Crippen molar-refractivity contribution in [3.63, 3.8) is 0 Å². The van der Waals surface area contributed by atoms with Crippen LogP contribution < -0.4 is 5.73 Å².